The average Bonchev–Trinajstić information content (AvgIpc) is 2.81. The second kappa shape index (κ2) is 8.18. The van der Waals surface area contributed by atoms with Gasteiger partial charge in [0.1, 0.15) is 0 Å². The summed E-state index contributed by atoms with van der Waals surface area (Å²) in [7, 11) is 0. The summed E-state index contributed by atoms with van der Waals surface area (Å²) in [4.78, 5) is 2.33. The maximum absolute atomic E-state index is 6.42. The van der Waals surface area contributed by atoms with E-state index >= 15 is 0 Å². The van der Waals surface area contributed by atoms with Gasteiger partial charge in [-0.25, -0.2) is 0 Å². The third-order valence-electron chi connectivity index (χ3n) is 5.68. The predicted octanol–water partition coefficient (Wildman–Crippen LogP) is 8.38. The van der Waals surface area contributed by atoms with Crippen molar-refractivity contribution >= 4 is 40.2 Å². The molecule has 0 atom stereocenters. The van der Waals surface area contributed by atoms with Crippen molar-refractivity contribution in [2.75, 3.05) is 4.90 Å². The van der Waals surface area contributed by atoms with Crippen LogP contribution in [0.1, 0.15) is 30.4 Å². The number of hydrogen-bond acceptors (Lipinski definition) is 1. The fourth-order valence-electron chi connectivity index (χ4n) is 4.28. The van der Waals surface area contributed by atoms with Crippen molar-refractivity contribution in [2.45, 2.75) is 19.3 Å². The van der Waals surface area contributed by atoms with Crippen molar-refractivity contribution in [3.63, 3.8) is 0 Å². The van der Waals surface area contributed by atoms with E-state index in [2.05, 4.69) is 77.7 Å². The van der Waals surface area contributed by atoms with Crippen molar-refractivity contribution in [3.05, 3.63) is 123 Å². The van der Waals surface area contributed by atoms with Crippen LogP contribution in [0, 0.1) is 0 Å². The lowest BCUT2D eigenvalue weighted by Crippen LogP contribution is -2.27. The molecule has 0 bridgehead atoms. The number of nitrogens with zero attached hydrogens (tertiary/aromatic N) is 1. The number of fused-ring (bicyclic) bond motifs is 1. The molecule has 1 aliphatic heterocycles. The predicted molar refractivity (Wildman–Crippen MR) is 129 cm³/mol. The van der Waals surface area contributed by atoms with E-state index in [1.807, 2.05) is 18.2 Å². The van der Waals surface area contributed by atoms with Crippen molar-refractivity contribution in [3.8, 4) is 0 Å². The highest BCUT2D eigenvalue weighted by Crippen LogP contribution is 2.46. The molecule has 0 N–H and O–H groups in total. The van der Waals surface area contributed by atoms with Crippen LogP contribution in [0.25, 0.3) is 11.3 Å². The first-order valence-electron chi connectivity index (χ1n) is 10.2. The van der Waals surface area contributed by atoms with Crippen LogP contribution in [0.3, 0.4) is 0 Å². The molecule has 5 rings (SSSR count). The minimum Gasteiger partial charge on any atom is -0.310 e. The van der Waals surface area contributed by atoms with Gasteiger partial charge in [0.05, 0.1) is 15.7 Å². The maximum atomic E-state index is 6.42. The molecule has 0 saturated heterocycles. The molecule has 1 nitrogen and oxygen atoms in total. The van der Waals surface area contributed by atoms with Crippen LogP contribution in [0.15, 0.2) is 102 Å². The lowest BCUT2D eigenvalue weighted by molar-refractivity contribution is 0.792. The van der Waals surface area contributed by atoms with E-state index in [0.29, 0.717) is 10.0 Å². The first-order chi connectivity index (χ1) is 14.7. The van der Waals surface area contributed by atoms with Crippen molar-refractivity contribution in [1.82, 2.24) is 0 Å². The van der Waals surface area contributed by atoms with Gasteiger partial charge in [0.2, 0.25) is 0 Å². The fraction of sp³-hybridized carbons (Fsp3) is 0.111. The second-order valence-corrected chi connectivity index (χ2v) is 8.38. The van der Waals surface area contributed by atoms with Crippen molar-refractivity contribution < 1.29 is 0 Å². The molecule has 0 saturated carbocycles. The Kier molecular flexibility index (Phi) is 5.25. The first kappa shape index (κ1) is 19.2. The van der Waals surface area contributed by atoms with Crippen LogP contribution in [0.4, 0.5) is 5.69 Å². The van der Waals surface area contributed by atoms with E-state index in [1.54, 1.807) is 0 Å². The molecule has 0 radical (unpaired) electrons. The van der Waals surface area contributed by atoms with Gasteiger partial charge in [-0.1, -0.05) is 89.9 Å². The molecule has 0 fully saturated rings. The van der Waals surface area contributed by atoms with Crippen LogP contribution in [0.2, 0.25) is 10.0 Å². The molecule has 3 aromatic carbocycles. The number of hydrogen-bond donors (Lipinski definition) is 0. The minimum atomic E-state index is 0.567. The summed E-state index contributed by atoms with van der Waals surface area (Å²) in [5.74, 6) is 0. The van der Waals surface area contributed by atoms with E-state index < -0.39 is 0 Å². The summed E-state index contributed by atoms with van der Waals surface area (Å²) in [6, 6.07) is 27.1. The van der Waals surface area contributed by atoms with Crippen LogP contribution in [0.5, 0.6) is 0 Å². The molecule has 3 heteroatoms. The van der Waals surface area contributed by atoms with Crippen molar-refractivity contribution in [2.24, 2.45) is 0 Å². The third-order valence-corrected chi connectivity index (χ3v) is 6.42. The number of rotatable bonds is 3. The topological polar surface area (TPSA) is 3.24 Å². The fourth-order valence-corrected chi connectivity index (χ4v) is 4.58. The summed E-state index contributed by atoms with van der Waals surface area (Å²) in [5.41, 5.74) is 8.53. The zero-order valence-electron chi connectivity index (χ0n) is 16.5. The van der Waals surface area contributed by atoms with Gasteiger partial charge >= 0.3 is 0 Å². The average molecular weight is 430 g/mol. The van der Waals surface area contributed by atoms with E-state index in [4.69, 9.17) is 23.2 Å². The van der Waals surface area contributed by atoms with E-state index in [0.717, 1.165) is 24.2 Å². The summed E-state index contributed by atoms with van der Waals surface area (Å²) < 4.78 is 0. The van der Waals surface area contributed by atoms with Gasteiger partial charge in [-0.3, -0.25) is 0 Å². The highest BCUT2D eigenvalue weighted by atomic mass is 35.5. The summed E-state index contributed by atoms with van der Waals surface area (Å²) in [6.07, 6.45) is 7.98. The van der Waals surface area contributed by atoms with Gasteiger partial charge in [-0.2, -0.15) is 0 Å². The lowest BCUT2D eigenvalue weighted by atomic mass is 9.85. The Morgan fingerprint density at radius 1 is 0.700 bits per heavy atom. The molecule has 0 aromatic heterocycles. The summed E-state index contributed by atoms with van der Waals surface area (Å²) in [5, 5.41) is 1.14. The summed E-state index contributed by atoms with van der Waals surface area (Å²) in [6.45, 7) is 0. The van der Waals surface area contributed by atoms with Gasteiger partial charge in [0.15, 0.2) is 0 Å². The third kappa shape index (κ3) is 3.49. The molecule has 1 aliphatic carbocycles. The lowest BCUT2D eigenvalue weighted by Gasteiger charge is -2.38. The van der Waals surface area contributed by atoms with Gasteiger partial charge in [0.25, 0.3) is 0 Å². The molecular formula is C27H21Cl2N. The Hall–Kier alpha value is -2.74. The maximum Gasteiger partial charge on any atom is 0.0613 e. The van der Waals surface area contributed by atoms with E-state index in [-0.39, 0.29) is 0 Å². The number of benzene rings is 3. The Bertz CT molecular complexity index is 1170. The van der Waals surface area contributed by atoms with Crippen LogP contribution < -0.4 is 4.90 Å². The van der Waals surface area contributed by atoms with Crippen LogP contribution in [-0.4, -0.2) is 0 Å². The molecule has 1 heterocycles. The quantitative estimate of drug-likeness (QED) is 0.403. The largest absolute Gasteiger partial charge is 0.310 e. The molecule has 2 aliphatic rings. The zero-order valence-corrected chi connectivity index (χ0v) is 18.0. The SMILES string of the molecule is Clc1ccc(N2C3=CCCCC3=C(c3ccccc3)C=C2c2ccccc2)cc1Cl. The first-order valence-corrected chi connectivity index (χ1v) is 11.0. The molecule has 148 valence electrons. The Labute approximate surface area is 187 Å². The van der Waals surface area contributed by atoms with Gasteiger partial charge in [-0.05, 0) is 65.8 Å². The van der Waals surface area contributed by atoms with E-state index in [1.165, 1.54) is 34.4 Å². The second-order valence-electron chi connectivity index (χ2n) is 7.57. The normalized spacial score (nSPS) is 16.1. The van der Waals surface area contributed by atoms with Crippen LogP contribution in [-0.2, 0) is 0 Å². The Balaban J connectivity index is 1.76. The van der Waals surface area contributed by atoms with Crippen LogP contribution >= 0.6 is 23.2 Å². The molecule has 0 spiro atoms. The molecule has 30 heavy (non-hydrogen) atoms. The van der Waals surface area contributed by atoms with Gasteiger partial charge in [-0.15, -0.1) is 0 Å². The summed E-state index contributed by atoms with van der Waals surface area (Å²) >= 11 is 12.6. The monoisotopic (exact) mass is 429 g/mol. The van der Waals surface area contributed by atoms with E-state index in [9.17, 15) is 0 Å². The van der Waals surface area contributed by atoms with Gasteiger partial charge in [0, 0.05) is 11.4 Å². The van der Waals surface area contributed by atoms with Gasteiger partial charge < -0.3 is 4.90 Å². The van der Waals surface area contributed by atoms with Crippen molar-refractivity contribution in [1.29, 1.82) is 0 Å². The Morgan fingerprint density at radius 2 is 1.40 bits per heavy atom. The highest BCUT2D eigenvalue weighted by molar-refractivity contribution is 6.42. The minimum absolute atomic E-state index is 0.567. The molecule has 0 unspecified atom stereocenters. The smallest absolute Gasteiger partial charge is 0.0613 e. The molecule has 0 amide bonds. The number of anilines is 1. The number of allylic oxidation sites excluding steroid dienone is 4. The standard InChI is InChI=1S/C27H21Cl2N/c28-24-16-15-21(17-25(24)29)30-26-14-8-7-13-22(26)23(19-9-3-1-4-10-19)18-27(30)20-11-5-2-6-12-20/h1-6,9-12,14-18H,7-8,13H2. The molecule has 3 aromatic rings. The highest BCUT2D eigenvalue weighted by Gasteiger charge is 2.29. The Morgan fingerprint density at radius 3 is 2.10 bits per heavy atom. The zero-order chi connectivity index (χ0) is 20.5. The molecular weight excluding hydrogens is 409 g/mol. The number of halogens is 2.